The molecule has 1 aromatic heterocycles. The lowest BCUT2D eigenvalue weighted by atomic mass is 9.77. The van der Waals surface area contributed by atoms with Gasteiger partial charge in [-0.1, -0.05) is 19.9 Å². The summed E-state index contributed by atoms with van der Waals surface area (Å²) in [6, 6.07) is 4.09. The molecule has 0 saturated heterocycles. The van der Waals surface area contributed by atoms with Crippen LogP contribution in [0.2, 0.25) is 0 Å². The van der Waals surface area contributed by atoms with Crippen molar-refractivity contribution in [1.82, 2.24) is 5.32 Å². The third-order valence-corrected chi connectivity index (χ3v) is 4.19. The molecular weight excluding hydrogens is 298 g/mol. The van der Waals surface area contributed by atoms with Crippen LogP contribution in [0.4, 0.5) is 4.79 Å². The van der Waals surface area contributed by atoms with Gasteiger partial charge in [0.1, 0.15) is 5.60 Å². The van der Waals surface area contributed by atoms with E-state index in [1.54, 1.807) is 11.3 Å². The van der Waals surface area contributed by atoms with Gasteiger partial charge in [0.15, 0.2) is 0 Å². The van der Waals surface area contributed by atoms with Crippen molar-refractivity contribution in [3.05, 3.63) is 22.4 Å². The molecule has 1 unspecified atom stereocenters. The molecule has 4 nitrogen and oxygen atoms in total. The van der Waals surface area contributed by atoms with Gasteiger partial charge >= 0.3 is 6.09 Å². The van der Waals surface area contributed by atoms with Crippen molar-refractivity contribution in [1.29, 1.82) is 0 Å². The Morgan fingerprint density at radius 1 is 1.41 bits per heavy atom. The zero-order chi connectivity index (χ0) is 16.8. The van der Waals surface area contributed by atoms with Gasteiger partial charge in [0.25, 0.3) is 0 Å². The zero-order valence-corrected chi connectivity index (χ0v) is 15.1. The molecule has 1 atom stereocenters. The topological polar surface area (TPSA) is 58.6 Å². The number of hydrogen-bond donors (Lipinski definition) is 2. The van der Waals surface area contributed by atoms with E-state index in [2.05, 4.69) is 25.2 Å². The summed E-state index contributed by atoms with van der Waals surface area (Å²) in [5, 5.41) is 14.9. The van der Waals surface area contributed by atoms with Gasteiger partial charge in [-0.15, -0.1) is 11.3 Å². The molecule has 1 heterocycles. The Morgan fingerprint density at radius 3 is 2.55 bits per heavy atom. The summed E-state index contributed by atoms with van der Waals surface area (Å²) in [6.45, 7) is 10.2. The average molecular weight is 327 g/mol. The Hall–Kier alpha value is -1.07. The number of nitrogens with one attached hydrogen (secondary N) is 1. The van der Waals surface area contributed by atoms with Crippen LogP contribution in [-0.2, 0) is 11.2 Å². The van der Waals surface area contributed by atoms with E-state index in [-0.39, 0.29) is 12.0 Å². The molecule has 0 spiro atoms. The van der Waals surface area contributed by atoms with E-state index in [1.807, 2.05) is 32.2 Å². The number of aliphatic hydroxyl groups is 1. The average Bonchev–Trinajstić information content (AvgIpc) is 2.86. The molecule has 0 fully saturated rings. The van der Waals surface area contributed by atoms with E-state index in [4.69, 9.17) is 4.74 Å². The minimum absolute atomic E-state index is 0.0406. The first kappa shape index (κ1) is 19.0. The molecule has 0 saturated carbocycles. The number of carbonyl (C=O) groups excluding carboxylic acids is 1. The predicted octanol–water partition coefficient (Wildman–Crippen LogP) is 3.84. The summed E-state index contributed by atoms with van der Waals surface area (Å²) >= 11 is 1.68. The molecule has 0 aromatic carbocycles. The van der Waals surface area contributed by atoms with Crippen LogP contribution in [0.3, 0.4) is 0 Å². The summed E-state index contributed by atoms with van der Waals surface area (Å²) in [5.74, 6) is 0.438. The maximum absolute atomic E-state index is 11.9. The Morgan fingerprint density at radius 2 is 2.09 bits per heavy atom. The number of ether oxygens (including phenoxy) is 1. The van der Waals surface area contributed by atoms with Crippen molar-refractivity contribution in [2.75, 3.05) is 13.2 Å². The number of amides is 1. The standard InChI is InChI=1S/C17H29NO3S/c1-13(2)9-17(12-19,10-14-7-6-8-22-14)11-18-15(20)21-16(3,4)5/h6-8,13,19H,9-12H2,1-5H3,(H,18,20). The third kappa shape index (κ3) is 6.79. The van der Waals surface area contributed by atoms with Gasteiger partial charge in [0.2, 0.25) is 0 Å². The largest absolute Gasteiger partial charge is 0.444 e. The molecule has 2 N–H and O–H groups in total. The smallest absolute Gasteiger partial charge is 0.407 e. The minimum atomic E-state index is -0.516. The Bertz CT molecular complexity index is 451. The first-order chi connectivity index (χ1) is 10.2. The van der Waals surface area contributed by atoms with Crippen molar-refractivity contribution in [2.24, 2.45) is 11.3 Å². The van der Waals surface area contributed by atoms with Crippen LogP contribution in [0.1, 0.15) is 45.9 Å². The van der Waals surface area contributed by atoms with Gasteiger partial charge in [0, 0.05) is 16.8 Å². The van der Waals surface area contributed by atoms with Crippen molar-refractivity contribution in [3.8, 4) is 0 Å². The van der Waals surface area contributed by atoms with Crippen LogP contribution in [0.15, 0.2) is 17.5 Å². The van der Waals surface area contributed by atoms with Crippen LogP contribution in [0.25, 0.3) is 0 Å². The molecule has 1 rings (SSSR count). The summed E-state index contributed by atoms with van der Waals surface area (Å²) < 4.78 is 5.29. The highest BCUT2D eigenvalue weighted by Crippen LogP contribution is 2.31. The first-order valence-electron chi connectivity index (χ1n) is 7.76. The molecule has 0 aliphatic rings. The van der Waals surface area contributed by atoms with E-state index >= 15 is 0 Å². The molecule has 1 aromatic rings. The molecule has 126 valence electrons. The summed E-state index contributed by atoms with van der Waals surface area (Å²) in [4.78, 5) is 13.1. The third-order valence-electron chi connectivity index (χ3n) is 3.31. The molecule has 0 aliphatic heterocycles. The van der Waals surface area contributed by atoms with Gasteiger partial charge in [-0.3, -0.25) is 0 Å². The Balaban J connectivity index is 2.74. The maximum atomic E-state index is 11.9. The van der Waals surface area contributed by atoms with Crippen molar-refractivity contribution in [3.63, 3.8) is 0 Å². The highest BCUT2D eigenvalue weighted by molar-refractivity contribution is 7.09. The first-order valence-corrected chi connectivity index (χ1v) is 8.64. The number of rotatable bonds is 7. The number of hydrogen-bond acceptors (Lipinski definition) is 4. The molecule has 1 amide bonds. The SMILES string of the molecule is CC(C)CC(CO)(CNC(=O)OC(C)(C)C)Cc1cccs1. The molecule has 0 aliphatic carbocycles. The second-order valence-corrected chi connectivity index (χ2v) is 8.40. The van der Waals surface area contributed by atoms with Gasteiger partial charge in [-0.2, -0.15) is 0 Å². The van der Waals surface area contributed by atoms with Gasteiger partial charge < -0.3 is 15.2 Å². The molecule has 5 heteroatoms. The van der Waals surface area contributed by atoms with Crippen molar-refractivity contribution >= 4 is 17.4 Å². The maximum Gasteiger partial charge on any atom is 0.407 e. The minimum Gasteiger partial charge on any atom is -0.444 e. The summed E-state index contributed by atoms with van der Waals surface area (Å²) in [5.41, 5.74) is -0.867. The van der Waals surface area contributed by atoms with Crippen LogP contribution in [0, 0.1) is 11.3 Å². The van der Waals surface area contributed by atoms with Crippen molar-refractivity contribution < 1.29 is 14.6 Å². The van der Waals surface area contributed by atoms with Gasteiger partial charge in [-0.05, 0) is 51.0 Å². The molecule has 0 bridgehead atoms. The number of alkyl carbamates (subject to hydrolysis) is 1. The second kappa shape index (κ2) is 7.97. The van der Waals surface area contributed by atoms with Crippen LogP contribution in [-0.4, -0.2) is 30.0 Å². The lowest BCUT2D eigenvalue weighted by Gasteiger charge is -2.34. The van der Waals surface area contributed by atoms with E-state index < -0.39 is 11.7 Å². The number of carbonyl (C=O) groups is 1. The zero-order valence-electron chi connectivity index (χ0n) is 14.3. The van der Waals surface area contributed by atoms with E-state index in [0.717, 1.165) is 12.8 Å². The fraction of sp³-hybridized carbons (Fsp3) is 0.706. The molecular formula is C17H29NO3S. The van der Waals surface area contributed by atoms with E-state index in [0.29, 0.717) is 12.5 Å². The fourth-order valence-corrected chi connectivity index (χ4v) is 3.48. The number of thiophene rings is 1. The van der Waals surface area contributed by atoms with Crippen LogP contribution in [0.5, 0.6) is 0 Å². The van der Waals surface area contributed by atoms with Crippen LogP contribution < -0.4 is 5.32 Å². The Kier molecular flexibility index (Phi) is 6.88. The van der Waals surface area contributed by atoms with Crippen molar-refractivity contribution in [2.45, 2.75) is 53.1 Å². The highest BCUT2D eigenvalue weighted by Gasteiger charge is 2.32. The summed E-state index contributed by atoms with van der Waals surface area (Å²) in [6.07, 6.45) is 1.17. The normalized spacial score (nSPS) is 14.7. The predicted molar refractivity (Wildman–Crippen MR) is 91.2 cm³/mol. The lowest BCUT2D eigenvalue weighted by Crippen LogP contribution is -2.44. The molecule has 22 heavy (non-hydrogen) atoms. The number of aliphatic hydroxyl groups excluding tert-OH is 1. The van der Waals surface area contributed by atoms with E-state index in [1.165, 1.54) is 4.88 Å². The second-order valence-electron chi connectivity index (χ2n) is 7.37. The quantitative estimate of drug-likeness (QED) is 0.800. The Labute approximate surface area is 137 Å². The lowest BCUT2D eigenvalue weighted by molar-refractivity contribution is 0.0441. The van der Waals surface area contributed by atoms with Gasteiger partial charge in [-0.25, -0.2) is 4.79 Å². The molecule has 0 radical (unpaired) electrons. The fourth-order valence-electron chi connectivity index (χ4n) is 2.61. The van der Waals surface area contributed by atoms with Crippen LogP contribution >= 0.6 is 11.3 Å². The van der Waals surface area contributed by atoms with E-state index in [9.17, 15) is 9.90 Å². The van der Waals surface area contributed by atoms with Gasteiger partial charge in [0.05, 0.1) is 6.61 Å². The monoisotopic (exact) mass is 327 g/mol. The highest BCUT2D eigenvalue weighted by atomic mass is 32.1. The summed E-state index contributed by atoms with van der Waals surface area (Å²) in [7, 11) is 0.